The highest BCUT2D eigenvalue weighted by molar-refractivity contribution is 6.32. The van der Waals surface area contributed by atoms with E-state index in [2.05, 4.69) is 10.6 Å². The first kappa shape index (κ1) is 23.3. The smallest absolute Gasteiger partial charge is 0.324 e. The van der Waals surface area contributed by atoms with Crippen molar-refractivity contribution in [1.82, 2.24) is 14.8 Å². The molecule has 1 aliphatic rings. The molecule has 2 heterocycles. The predicted molar refractivity (Wildman–Crippen MR) is 133 cm³/mol. The van der Waals surface area contributed by atoms with Crippen LogP contribution in [0.15, 0.2) is 60.3 Å². The number of carbonyl (C=O) groups excluding carboxylic acids is 3. The number of halogens is 1. The van der Waals surface area contributed by atoms with Gasteiger partial charge in [-0.05, 0) is 61.7 Å². The SMILES string of the molecule is CCc1ccccc1NC(=O)CN1C(=O)N/C(=C/c2cc(C)n(-c3ccccc3Cl)c2C)C1=O. The zero-order valence-electron chi connectivity index (χ0n) is 19.2. The molecule has 1 saturated heterocycles. The number of aryl methyl sites for hydroxylation is 2. The second-order valence-electron chi connectivity index (χ2n) is 8.05. The van der Waals surface area contributed by atoms with Gasteiger partial charge in [0.25, 0.3) is 5.91 Å². The number of amides is 4. The lowest BCUT2D eigenvalue weighted by molar-refractivity contribution is -0.127. The largest absolute Gasteiger partial charge is 0.329 e. The van der Waals surface area contributed by atoms with Crippen LogP contribution < -0.4 is 10.6 Å². The van der Waals surface area contributed by atoms with E-state index in [1.807, 2.05) is 73.9 Å². The Kier molecular flexibility index (Phi) is 6.56. The number of nitrogens with zero attached hydrogens (tertiary/aromatic N) is 2. The fraction of sp³-hybridized carbons (Fsp3) is 0.192. The highest BCUT2D eigenvalue weighted by atomic mass is 35.5. The molecule has 0 bridgehead atoms. The number of nitrogens with one attached hydrogen (secondary N) is 2. The zero-order valence-corrected chi connectivity index (χ0v) is 19.9. The average molecular weight is 477 g/mol. The predicted octanol–water partition coefficient (Wildman–Crippen LogP) is 4.84. The van der Waals surface area contributed by atoms with Gasteiger partial charge in [0.2, 0.25) is 5.91 Å². The first-order valence-corrected chi connectivity index (χ1v) is 11.3. The summed E-state index contributed by atoms with van der Waals surface area (Å²) in [6.07, 6.45) is 2.37. The van der Waals surface area contributed by atoms with Crippen molar-refractivity contribution >= 4 is 41.2 Å². The Morgan fingerprint density at radius 2 is 1.79 bits per heavy atom. The molecule has 0 aliphatic carbocycles. The summed E-state index contributed by atoms with van der Waals surface area (Å²) in [5.41, 5.74) is 5.16. The maximum Gasteiger partial charge on any atom is 0.329 e. The van der Waals surface area contributed by atoms with Crippen molar-refractivity contribution in [2.75, 3.05) is 11.9 Å². The van der Waals surface area contributed by atoms with Crippen LogP contribution in [0.1, 0.15) is 29.4 Å². The third-order valence-electron chi connectivity index (χ3n) is 5.80. The van der Waals surface area contributed by atoms with Crippen LogP contribution in [0.3, 0.4) is 0 Å². The van der Waals surface area contributed by atoms with E-state index >= 15 is 0 Å². The Hall–Kier alpha value is -3.84. The van der Waals surface area contributed by atoms with Gasteiger partial charge in [0.1, 0.15) is 12.2 Å². The second kappa shape index (κ2) is 9.57. The average Bonchev–Trinajstić information content (AvgIpc) is 3.23. The van der Waals surface area contributed by atoms with Crippen LogP contribution >= 0.6 is 11.6 Å². The van der Waals surface area contributed by atoms with E-state index in [1.165, 1.54) is 0 Å². The summed E-state index contributed by atoms with van der Waals surface area (Å²) in [5.74, 6) is -0.992. The molecule has 2 N–H and O–H groups in total. The Morgan fingerprint density at radius 1 is 1.09 bits per heavy atom. The van der Waals surface area contributed by atoms with Crippen molar-refractivity contribution < 1.29 is 14.4 Å². The van der Waals surface area contributed by atoms with Crippen LogP contribution in [-0.2, 0) is 16.0 Å². The standard InChI is InChI=1S/C26H25ClN4O3/c1-4-18-9-5-7-11-21(18)28-24(32)15-30-25(33)22(29-26(30)34)14-19-13-16(2)31(17(19)3)23-12-8-6-10-20(23)27/h5-14H,4,15H2,1-3H3,(H,28,32)(H,29,34)/b22-14+. The Labute approximate surface area is 203 Å². The van der Waals surface area contributed by atoms with Crippen LogP contribution in [0, 0.1) is 13.8 Å². The van der Waals surface area contributed by atoms with Crippen LogP contribution in [0.2, 0.25) is 5.02 Å². The van der Waals surface area contributed by atoms with E-state index < -0.39 is 17.8 Å². The molecule has 1 aromatic heterocycles. The van der Waals surface area contributed by atoms with Gasteiger partial charge in [-0.15, -0.1) is 0 Å². The minimum atomic E-state index is -0.630. The molecular formula is C26H25ClN4O3. The number of anilines is 1. The minimum Gasteiger partial charge on any atom is -0.324 e. The maximum absolute atomic E-state index is 12.9. The summed E-state index contributed by atoms with van der Waals surface area (Å²) in [6, 6.07) is 16.2. The second-order valence-corrected chi connectivity index (χ2v) is 8.46. The Morgan fingerprint density at radius 3 is 2.53 bits per heavy atom. The number of hydrogen-bond donors (Lipinski definition) is 2. The van der Waals surface area contributed by atoms with E-state index in [0.717, 1.165) is 39.5 Å². The molecule has 7 nitrogen and oxygen atoms in total. The summed E-state index contributed by atoms with van der Waals surface area (Å²) in [5, 5.41) is 5.98. The molecule has 0 spiro atoms. The van der Waals surface area contributed by atoms with Crippen LogP contribution in [-0.4, -0.2) is 33.9 Å². The van der Waals surface area contributed by atoms with Crippen molar-refractivity contribution in [3.05, 3.63) is 87.8 Å². The molecule has 0 radical (unpaired) electrons. The monoisotopic (exact) mass is 476 g/mol. The molecular weight excluding hydrogens is 452 g/mol. The third kappa shape index (κ3) is 4.47. The number of benzene rings is 2. The van der Waals surface area contributed by atoms with Crippen molar-refractivity contribution in [3.63, 3.8) is 0 Å². The van der Waals surface area contributed by atoms with Crippen molar-refractivity contribution in [2.45, 2.75) is 27.2 Å². The first-order chi connectivity index (χ1) is 16.3. The van der Waals surface area contributed by atoms with Crippen molar-refractivity contribution in [1.29, 1.82) is 0 Å². The van der Waals surface area contributed by atoms with Gasteiger partial charge in [0, 0.05) is 17.1 Å². The van der Waals surface area contributed by atoms with Crippen LogP contribution in [0.25, 0.3) is 11.8 Å². The lowest BCUT2D eigenvalue weighted by Gasteiger charge is -2.13. The molecule has 0 atom stereocenters. The van der Waals surface area contributed by atoms with E-state index in [9.17, 15) is 14.4 Å². The number of para-hydroxylation sites is 2. The molecule has 34 heavy (non-hydrogen) atoms. The fourth-order valence-electron chi connectivity index (χ4n) is 4.09. The summed E-state index contributed by atoms with van der Waals surface area (Å²) in [7, 11) is 0. The normalized spacial score (nSPS) is 14.6. The van der Waals surface area contributed by atoms with Gasteiger partial charge in [-0.1, -0.05) is 48.9 Å². The van der Waals surface area contributed by atoms with Crippen molar-refractivity contribution in [2.24, 2.45) is 0 Å². The van der Waals surface area contributed by atoms with Gasteiger partial charge in [0.15, 0.2) is 0 Å². The molecule has 8 heteroatoms. The Bertz CT molecular complexity index is 1330. The number of aromatic nitrogens is 1. The third-order valence-corrected chi connectivity index (χ3v) is 6.12. The molecule has 1 fully saturated rings. The number of urea groups is 1. The van der Waals surface area contributed by atoms with Crippen molar-refractivity contribution in [3.8, 4) is 5.69 Å². The molecule has 4 amide bonds. The molecule has 174 valence electrons. The lowest BCUT2D eigenvalue weighted by Crippen LogP contribution is -2.38. The number of rotatable bonds is 6. The fourth-order valence-corrected chi connectivity index (χ4v) is 4.31. The van der Waals surface area contributed by atoms with E-state index in [0.29, 0.717) is 10.7 Å². The highest BCUT2D eigenvalue weighted by Crippen LogP contribution is 2.28. The highest BCUT2D eigenvalue weighted by Gasteiger charge is 2.35. The molecule has 1 aliphatic heterocycles. The van der Waals surface area contributed by atoms with Gasteiger partial charge < -0.3 is 15.2 Å². The quantitative estimate of drug-likeness (QED) is 0.394. The summed E-state index contributed by atoms with van der Waals surface area (Å²) in [6.45, 7) is 5.47. The van der Waals surface area contributed by atoms with Gasteiger partial charge in [0.05, 0.1) is 10.7 Å². The van der Waals surface area contributed by atoms with Crippen LogP contribution in [0.4, 0.5) is 10.5 Å². The maximum atomic E-state index is 12.9. The van der Waals surface area contributed by atoms with Gasteiger partial charge in [-0.2, -0.15) is 0 Å². The van der Waals surface area contributed by atoms with Gasteiger partial charge in [-0.25, -0.2) is 9.69 Å². The number of imide groups is 1. The number of hydrogen-bond acceptors (Lipinski definition) is 3. The Balaban J connectivity index is 1.54. The lowest BCUT2D eigenvalue weighted by atomic mass is 10.1. The van der Waals surface area contributed by atoms with E-state index in [4.69, 9.17) is 11.6 Å². The molecule has 0 unspecified atom stereocenters. The first-order valence-electron chi connectivity index (χ1n) is 11.0. The summed E-state index contributed by atoms with van der Waals surface area (Å²) < 4.78 is 1.99. The minimum absolute atomic E-state index is 0.117. The molecule has 0 saturated carbocycles. The topological polar surface area (TPSA) is 83.4 Å². The van der Waals surface area contributed by atoms with E-state index in [-0.39, 0.29) is 12.2 Å². The van der Waals surface area contributed by atoms with Crippen LogP contribution in [0.5, 0.6) is 0 Å². The summed E-state index contributed by atoms with van der Waals surface area (Å²) in [4.78, 5) is 38.9. The van der Waals surface area contributed by atoms with E-state index in [1.54, 1.807) is 12.1 Å². The molecule has 3 aromatic rings. The van der Waals surface area contributed by atoms with Gasteiger partial charge in [-0.3, -0.25) is 9.59 Å². The van der Waals surface area contributed by atoms with Gasteiger partial charge >= 0.3 is 6.03 Å². The molecule has 2 aromatic carbocycles. The summed E-state index contributed by atoms with van der Waals surface area (Å²) >= 11 is 6.38. The number of carbonyl (C=O) groups is 3. The zero-order chi connectivity index (χ0) is 24.4. The molecule has 4 rings (SSSR count).